The molecular formula is C18H23N3O3. The molecule has 0 aliphatic carbocycles. The van der Waals surface area contributed by atoms with Gasteiger partial charge in [-0.05, 0) is 30.2 Å². The minimum Gasteiger partial charge on any atom is -0.497 e. The van der Waals surface area contributed by atoms with Crippen molar-refractivity contribution in [1.29, 1.82) is 0 Å². The van der Waals surface area contributed by atoms with Gasteiger partial charge in [0.05, 0.1) is 25.0 Å². The number of carbonyl (C=O) groups is 1. The van der Waals surface area contributed by atoms with Gasteiger partial charge in [0.2, 0.25) is 0 Å². The molecule has 1 aromatic heterocycles. The number of anilines is 1. The van der Waals surface area contributed by atoms with Crippen molar-refractivity contribution < 1.29 is 14.3 Å². The third-order valence-corrected chi connectivity index (χ3v) is 3.47. The highest BCUT2D eigenvalue weighted by molar-refractivity contribution is 5.94. The number of hydrogen-bond donors (Lipinski definition) is 2. The monoisotopic (exact) mass is 329 g/mol. The van der Waals surface area contributed by atoms with Crippen LogP contribution >= 0.6 is 0 Å². The maximum absolute atomic E-state index is 12.0. The zero-order chi connectivity index (χ0) is 17.2. The number of benzene rings is 1. The van der Waals surface area contributed by atoms with E-state index in [-0.39, 0.29) is 5.91 Å². The Morgan fingerprint density at radius 3 is 2.83 bits per heavy atom. The highest BCUT2D eigenvalue weighted by Gasteiger charge is 2.06. The topological polar surface area (TPSA) is 72.5 Å². The molecule has 1 heterocycles. The number of ether oxygens (including phenoxy) is 2. The predicted octanol–water partition coefficient (Wildman–Crippen LogP) is 2.12. The first-order chi connectivity index (χ1) is 11.7. The van der Waals surface area contributed by atoms with Crippen LogP contribution < -0.4 is 15.4 Å². The molecule has 0 atom stereocenters. The first kappa shape index (κ1) is 17.7. The lowest BCUT2D eigenvalue weighted by Crippen LogP contribution is -2.27. The van der Waals surface area contributed by atoms with Crippen molar-refractivity contribution in [3.63, 3.8) is 0 Å². The molecule has 0 unspecified atom stereocenters. The summed E-state index contributed by atoms with van der Waals surface area (Å²) >= 11 is 0. The van der Waals surface area contributed by atoms with Gasteiger partial charge in [-0.3, -0.25) is 9.78 Å². The van der Waals surface area contributed by atoms with E-state index in [1.54, 1.807) is 32.7 Å². The molecule has 1 amide bonds. The van der Waals surface area contributed by atoms with Gasteiger partial charge in [0, 0.05) is 32.6 Å². The Labute approximate surface area is 142 Å². The molecule has 1 aromatic carbocycles. The summed E-state index contributed by atoms with van der Waals surface area (Å²) in [6.45, 7) is 1.70. The molecule has 2 aromatic rings. The fraction of sp³-hybridized carbons (Fsp3) is 0.333. The third-order valence-electron chi connectivity index (χ3n) is 3.47. The largest absolute Gasteiger partial charge is 0.497 e. The molecule has 0 bridgehead atoms. The number of rotatable bonds is 9. The van der Waals surface area contributed by atoms with Gasteiger partial charge >= 0.3 is 0 Å². The van der Waals surface area contributed by atoms with Gasteiger partial charge in [-0.2, -0.15) is 0 Å². The fourth-order valence-electron chi connectivity index (χ4n) is 2.21. The van der Waals surface area contributed by atoms with E-state index in [1.807, 2.05) is 18.2 Å². The molecular weight excluding hydrogens is 306 g/mol. The molecule has 0 aliphatic rings. The van der Waals surface area contributed by atoms with Crippen LogP contribution in [0.2, 0.25) is 0 Å². The van der Waals surface area contributed by atoms with Crippen LogP contribution in [0.3, 0.4) is 0 Å². The highest BCUT2D eigenvalue weighted by atomic mass is 16.5. The maximum atomic E-state index is 12.0. The summed E-state index contributed by atoms with van der Waals surface area (Å²) in [5.74, 6) is 0.694. The summed E-state index contributed by atoms with van der Waals surface area (Å²) in [6, 6.07) is 9.76. The number of nitrogens with zero attached hydrogens (tertiary/aromatic N) is 1. The number of nitrogens with one attached hydrogen (secondary N) is 2. The molecule has 6 nitrogen and oxygen atoms in total. The summed E-state index contributed by atoms with van der Waals surface area (Å²) in [5.41, 5.74) is 2.53. The molecule has 0 spiro atoms. The summed E-state index contributed by atoms with van der Waals surface area (Å²) in [6.07, 6.45) is 4.11. The van der Waals surface area contributed by atoms with Crippen molar-refractivity contribution in [2.24, 2.45) is 0 Å². The second-order valence-electron chi connectivity index (χ2n) is 5.24. The smallest absolute Gasteiger partial charge is 0.253 e. The summed E-state index contributed by atoms with van der Waals surface area (Å²) in [4.78, 5) is 16.1. The average molecular weight is 329 g/mol. The van der Waals surface area contributed by atoms with E-state index in [9.17, 15) is 4.79 Å². The standard InChI is InChI=1S/C18H23N3O3/c1-23-9-8-21-18(22)15-11-16(13-19-12-15)20-7-6-14-4-3-5-17(10-14)24-2/h3-5,10-13,20H,6-9H2,1-2H3,(H,21,22). The summed E-state index contributed by atoms with van der Waals surface area (Å²) in [5, 5.41) is 6.06. The molecule has 0 radical (unpaired) electrons. The Hall–Kier alpha value is -2.60. The lowest BCUT2D eigenvalue weighted by Gasteiger charge is -2.09. The van der Waals surface area contributed by atoms with Crippen LogP contribution in [-0.4, -0.2) is 44.8 Å². The van der Waals surface area contributed by atoms with Crippen molar-refractivity contribution >= 4 is 11.6 Å². The van der Waals surface area contributed by atoms with Crippen molar-refractivity contribution in [2.45, 2.75) is 6.42 Å². The first-order valence-electron chi connectivity index (χ1n) is 7.82. The SMILES string of the molecule is COCCNC(=O)c1cncc(NCCc2cccc(OC)c2)c1. The molecule has 0 fully saturated rings. The Bertz CT molecular complexity index is 661. The fourth-order valence-corrected chi connectivity index (χ4v) is 2.21. The lowest BCUT2D eigenvalue weighted by atomic mass is 10.1. The highest BCUT2D eigenvalue weighted by Crippen LogP contribution is 2.13. The molecule has 24 heavy (non-hydrogen) atoms. The van der Waals surface area contributed by atoms with E-state index in [0.29, 0.717) is 18.7 Å². The van der Waals surface area contributed by atoms with Gasteiger partial charge in [-0.15, -0.1) is 0 Å². The number of amides is 1. The Kier molecular flexibility index (Phi) is 7.04. The van der Waals surface area contributed by atoms with E-state index in [4.69, 9.17) is 9.47 Å². The first-order valence-corrected chi connectivity index (χ1v) is 7.82. The van der Waals surface area contributed by atoms with E-state index in [2.05, 4.69) is 21.7 Å². The van der Waals surface area contributed by atoms with Crippen LogP contribution in [0.1, 0.15) is 15.9 Å². The van der Waals surface area contributed by atoms with Crippen molar-refractivity contribution in [3.05, 3.63) is 53.9 Å². The summed E-state index contributed by atoms with van der Waals surface area (Å²) in [7, 11) is 3.26. The van der Waals surface area contributed by atoms with Gasteiger partial charge < -0.3 is 20.1 Å². The normalized spacial score (nSPS) is 10.2. The van der Waals surface area contributed by atoms with Crippen molar-refractivity contribution in [3.8, 4) is 5.75 Å². The van der Waals surface area contributed by atoms with Gasteiger partial charge in [0.1, 0.15) is 5.75 Å². The van der Waals surface area contributed by atoms with Gasteiger partial charge in [0.15, 0.2) is 0 Å². The quantitative estimate of drug-likeness (QED) is 0.690. The van der Waals surface area contributed by atoms with Crippen molar-refractivity contribution in [1.82, 2.24) is 10.3 Å². The van der Waals surface area contributed by atoms with Crippen LogP contribution in [0.25, 0.3) is 0 Å². The van der Waals surface area contributed by atoms with Crippen LogP contribution in [0, 0.1) is 0 Å². The van der Waals surface area contributed by atoms with Crippen LogP contribution in [0.15, 0.2) is 42.7 Å². The van der Waals surface area contributed by atoms with E-state index in [0.717, 1.165) is 24.4 Å². The Morgan fingerprint density at radius 1 is 1.17 bits per heavy atom. The van der Waals surface area contributed by atoms with Gasteiger partial charge in [0.25, 0.3) is 5.91 Å². The number of hydrogen-bond acceptors (Lipinski definition) is 5. The van der Waals surface area contributed by atoms with E-state index in [1.165, 1.54) is 5.56 Å². The minimum atomic E-state index is -0.156. The second-order valence-corrected chi connectivity index (χ2v) is 5.24. The molecule has 2 N–H and O–H groups in total. The summed E-state index contributed by atoms with van der Waals surface area (Å²) < 4.78 is 10.1. The van der Waals surface area contributed by atoms with E-state index >= 15 is 0 Å². The molecule has 6 heteroatoms. The zero-order valence-electron chi connectivity index (χ0n) is 14.0. The number of methoxy groups -OCH3 is 2. The number of pyridine rings is 1. The molecule has 0 aliphatic heterocycles. The van der Waals surface area contributed by atoms with Crippen LogP contribution in [0.5, 0.6) is 5.75 Å². The average Bonchev–Trinajstić information content (AvgIpc) is 2.62. The predicted molar refractivity (Wildman–Crippen MR) is 93.6 cm³/mol. The molecule has 0 saturated heterocycles. The Balaban J connectivity index is 1.86. The lowest BCUT2D eigenvalue weighted by molar-refractivity contribution is 0.0937. The van der Waals surface area contributed by atoms with Crippen LogP contribution in [-0.2, 0) is 11.2 Å². The third kappa shape index (κ3) is 5.55. The van der Waals surface area contributed by atoms with Gasteiger partial charge in [-0.25, -0.2) is 0 Å². The second kappa shape index (κ2) is 9.52. The minimum absolute atomic E-state index is 0.156. The molecule has 0 saturated carbocycles. The molecule has 128 valence electrons. The molecule has 2 rings (SSSR count). The van der Waals surface area contributed by atoms with Crippen molar-refractivity contribution in [2.75, 3.05) is 39.2 Å². The Morgan fingerprint density at radius 2 is 2.04 bits per heavy atom. The van der Waals surface area contributed by atoms with Crippen LogP contribution in [0.4, 0.5) is 5.69 Å². The number of aromatic nitrogens is 1. The van der Waals surface area contributed by atoms with Gasteiger partial charge in [-0.1, -0.05) is 12.1 Å². The number of carbonyl (C=O) groups excluding carboxylic acids is 1. The van der Waals surface area contributed by atoms with E-state index < -0.39 is 0 Å². The maximum Gasteiger partial charge on any atom is 0.253 e. The zero-order valence-corrected chi connectivity index (χ0v) is 14.0.